The fraction of sp³-hybridized carbons (Fsp3) is 0.455. The first kappa shape index (κ1) is 15.2. The van der Waals surface area contributed by atoms with Gasteiger partial charge in [0.2, 0.25) is 5.88 Å². The van der Waals surface area contributed by atoms with Crippen molar-refractivity contribution in [2.45, 2.75) is 26.3 Å². The number of carbonyl (C=O) groups is 1. The van der Waals surface area contributed by atoms with Gasteiger partial charge in [0.25, 0.3) is 0 Å². The Kier molecular flexibility index (Phi) is 4.71. The lowest BCUT2D eigenvalue weighted by Crippen LogP contribution is -2.20. The molecule has 2 N–H and O–H groups in total. The summed E-state index contributed by atoms with van der Waals surface area (Å²) >= 11 is 0. The normalized spacial score (nSPS) is 11.3. The van der Waals surface area contributed by atoms with Crippen molar-refractivity contribution in [3.8, 4) is 5.88 Å². The molecule has 0 bridgehead atoms. The molecule has 1 aromatic rings. The number of carbonyl (C=O) groups excluding carboxylic acids is 1. The fourth-order valence-electron chi connectivity index (χ4n) is 1.46. The number of methoxy groups -OCH3 is 1. The van der Waals surface area contributed by atoms with Crippen LogP contribution in [-0.2, 0) is 22.5 Å². The van der Waals surface area contributed by atoms with E-state index in [4.69, 9.17) is 5.73 Å². The van der Waals surface area contributed by atoms with Gasteiger partial charge in [0.1, 0.15) is 0 Å². The maximum absolute atomic E-state index is 12.2. The van der Waals surface area contributed by atoms with Crippen LogP contribution in [0.4, 0.5) is 13.2 Å². The number of pyridine rings is 1. The summed E-state index contributed by atoms with van der Waals surface area (Å²) in [6, 6.07) is 1.38. The average Bonchev–Trinajstić information content (AvgIpc) is 2.30. The molecular weight excluding hydrogens is 265 g/mol. The highest BCUT2D eigenvalue weighted by Crippen LogP contribution is 2.26. The molecule has 1 aromatic heterocycles. The van der Waals surface area contributed by atoms with Crippen LogP contribution in [0, 0.1) is 6.92 Å². The van der Waals surface area contributed by atoms with Gasteiger partial charge >= 0.3 is 12.3 Å². The minimum atomic E-state index is -4.83. The Labute approximate surface area is 107 Å². The number of ether oxygens (including phenoxy) is 2. The fourth-order valence-corrected chi connectivity index (χ4v) is 1.46. The molecule has 0 aliphatic heterocycles. The standard InChI is InChI=1S/C11H13F3N2O3/c1-6-3-7(4-9(17)18-2)8(5-15)16-10(6)19-11(12,13)14/h3H,4-5,15H2,1-2H3. The first-order chi connectivity index (χ1) is 8.76. The summed E-state index contributed by atoms with van der Waals surface area (Å²) in [7, 11) is 1.21. The lowest BCUT2D eigenvalue weighted by molar-refractivity contribution is -0.276. The van der Waals surface area contributed by atoms with E-state index in [1.54, 1.807) is 0 Å². The molecule has 106 valence electrons. The van der Waals surface area contributed by atoms with Crippen LogP contribution in [0.5, 0.6) is 5.88 Å². The van der Waals surface area contributed by atoms with Crippen molar-refractivity contribution in [2.24, 2.45) is 5.73 Å². The maximum atomic E-state index is 12.2. The number of hydrogen-bond acceptors (Lipinski definition) is 5. The van der Waals surface area contributed by atoms with E-state index < -0.39 is 18.2 Å². The van der Waals surface area contributed by atoms with E-state index >= 15 is 0 Å². The molecule has 5 nitrogen and oxygen atoms in total. The summed E-state index contributed by atoms with van der Waals surface area (Å²) in [5.41, 5.74) is 6.14. The summed E-state index contributed by atoms with van der Waals surface area (Å²) in [5.74, 6) is -1.10. The Balaban J connectivity index is 3.10. The second-order valence-corrected chi connectivity index (χ2v) is 3.72. The summed E-state index contributed by atoms with van der Waals surface area (Å²) in [6.07, 6.45) is -4.93. The summed E-state index contributed by atoms with van der Waals surface area (Å²) in [6.45, 7) is 1.29. The lowest BCUT2D eigenvalue weighted by Gasteiger charge is -2.14. The number of aromatic nitrogens is 1. The third-order valence-corrected chi connectivity index (χ3v) is 2.30. The quantitative estimate of drug-likeness (QED) is 0.844. The zero-order valence-corrected chi connectivity index (χ0v) is 10.4. The molecule has 0 aliphatic carbocycles. The highest BCUT2D eigenvalue weighted by molar-refractivity contribution is 5.72. The largest absolute Gasteiger partial charge is 0.574 e. The number of nitrogens with two attached hydrogens (primary N) is 1. The molecule has 0 unspecified atom stereocenters. The van der Waals surface area contributed by atoms with Crippen molar-refractivity contribution in [1.29, 1.82) is 0 Å². The van der Waals surface area contributed by atoms with Gasteiger partial charge in [0.05, 0.1) is 19.2 Å². The van der Waals surface area contributed by atoms with Gasteiger partial charge in [-0.1, -0.05) is 0 Å². The van der Waals surface area contributed by atoms with Crippen LogP contribution in [0.3, 0.4) is 0 Å². The van der Waals surface area contributed by atoms with Gasteiger partial charge in [0, 0.05) is 12.1 Å². The zero-order valence-electron chi connectivity index (χ0n) is 10.4. The number of halogens is 3. The average molecular weight is 278 g/mol. The molecule has 0 radical (unpaired) electrons. The van der Waals surface area contributed by atoms with Gasteiger partial charge < -0.3 is 15.2 Å². The van der Waals surface area contributed by atoms with Crippen LogP contribution in [0.25, 0.3) is 0 Å². The maximum Gasteiger partial charge on any atom is 0.574 e. The molecule has 1 heterocycles. The van der Waals surface area contributed by atoms with Crippen LogP contribution in [0.1, 0.15) is 16.8 Å². The second-order valence-electron chi connectivity index (χ2n) is 3.72. The molecular formula is C11H13F3N2O3. The monoisotopic (exact) mass is 278 g/mol. The minimum Gasteiger partial charge on any atom is -0.469 e. The van der Waals surface area contributed by atoms with Crippen molar-refractivity contribution in [3.05, 3.63) is 22.9 Å². The van der Waals surface area contributed by atoms with Gasteiger partial charge in [-0.15, -0.1) is 13.2 Å². The van der Waals surface area contributed by atoms with E-state index in [0.29, 0.717) is 5.56 Å². The molecule has 0 spiro atoms. The topological polar surface area (TPSA) is 74.4 Å². The van der Waals surface area contributed by atoms with Crippen LogP contribution in [-0.4, -0.2) is 24.4 Å². The summed E-state index contributed by atoms with van der Waals surface area (Å²) in [5, 5.41) is 0. The highest BCUT2D eigenvalue weighted by Gasteiger charge is 2.32. The summed E-state index contributed by atoms with van der Waals surface area (Å²) < 4.78 is 44.7. The third kappa shape index (κ3) is 4.40. The van der Waals surface area contributed by atoms with Gasteiger partial charge in [-0.25, -0.2) is 4.98 Å². The van der Waals surface area contributed by atoms with Crippen LogP contribution >= 0.6 is 0 Å². The van der Waals surface area contributed by atoms with Crippen molar-refractivity contribution in [1.82, 2.24) is 4.98 Å². The number of esters is 1. The predicted octanol–water partition coefficient (Wildman–Crippen LogP) is 1.46. The third-order valence-electron chi connectivity index (χ3n) is 2.30. The van der Waals surface area contributed by atoms with E-state index in [-0.39, 0.29) is 24.2 Å². The lowest BCUT2D eigenvalue weighted by atomic mass is 10.1. The van der Waals surface area contributed by atoms with Crippen LogP contribution in [0.2, 0.25) is 0 Å². The number of rotatable bonds is 4. The number of hydrogen-bond donors (Lipinski definition) is 1. The van der Waals surface area contributed by atoms with Gasteiger partial charge in [-0.2, -0.15) is 0 Å². The minimum absolute atomic E-state index is 0.108. The number of aryl methyl sites for hydroxylation is 1. The Morgan fingerprint density at radius 2 is 2.11 bits per heavy atom. The van der Waals surface area contributed by atoms with E-state index in [2.05, 4.69) is 14.5 Å². The van der Waals surface area contributed by atoms with Gasteiger partial charge in [-0.3, -0.25) is 4.79 Å². The Morgan fingerprint density at radius 3 is 2.58 bits per heavy atom. The number of nitrogens with zero attached hydrogens (tertiary/aromatic N) is 1. The van der Waals surface area contributed by atoms with Crippen molar-refractivity contribution in [3.63, 3.8) is 0 Å². The van der Waals surface area contributed by atoms with Crippen LogP contribution in [0.15, 0.2) is 6.07 Å². The first-order valence-corrected chi connectivity index (χ1v) is 5.29. The summed E-state index contributed by atoms with van der Waals surface area (Å²) in [4.78, 5) is 14.9. The Hall–Kier alpha value is -1.83. The molecule has 0 saturated heterocycles. The molecule has 0 saturated carbocycles. The molecule has 19 heavy (non-hydrogen) atoms. The van der Waals surface area contributed by atoms with Crippen molar-refractivity contribution in [2.75, 3.05) is 7.11 Å². The first-order valence-electron chi connectivity index (χ1n) is 5.29. The van der Waals surface area contributed by atoms with E-state index in [1.165, 1.54) is 20.1 Å². The molecule has 0 aromatic carbocycles. The highest BCUT2D eigenvalue weighted by atomic mass is 19.4. The second kappa shape index (κ2) is 5.87. The zero-order chi connectivity index (χ0) is 14.6. The number of alkyl halides is 3. The van der Waals surface area contributed by atoms with Crippen molar-refractivity contribution >= 4 is 5.97 Å². The van der Waals surface area contributed by atoms with E-state index in [0.717, 1.165) is 0 Å². The molecule has 0 fully saturated rings. The molecule has 8 heteroatoms. The Bertz CT molecular complexity index is 475. The molecule has 0 aliphatic rings. The smallest absolute Gasteiger partial charge is 0.469 e. The van der Waals surface area contributed by atoms with Gasteiger partial charge in [-0.05, 0) is 18.6 Å². The molecule has 0 amide bonds. The van der Waals surface area contributed by atoms with E-state index in [1.807, 2.05) is 0 Å². The predicted molar refractivity (Wildman–Crippen MR) is 59.3 cm³/mol. The van der Waals surface area contributed by atoms with E-state index in [9.17, 15) is 18.0 Å². The molecule has 0 atom stereocenters. The SMILES string of the molecule is COC(=O)Cc1cc(C)c(OC(F)(F)F)nc1CN. The Morgan fingerprint density at radius 1 is 1.47 bits per heavy atom. The molecule has 1 rings (SSSR count). The van der Waals surface area contributed by atoms with Crippen molar-refractivity contribution < 1.29 is 27.4 Å². The van der Waals surface area contributed by atoms with Crippen LogP contribution < -0.4 is 10.5 Å². The van der Waals surface area contributed by atoms with Gasteiger partial charge in [0.15, 0.2) is 0 Å².